The number of amides is 1. The van der Waals surface area contributed by atoms with E-state index in [0.29, 0.717) is 6.54 Å². The van der Waals surface area contributed by atoms with Crippen LogP contribution in [0.2, 0.25) is 0 Å². The second kappa shape index (κ2) is 19.7. The van der Waals surface area contributed by atoms with Crippen molar-refractivity contribution in [3.8, 4) is 5.75 Å². The summed E-state index contributed by atoms with van der Waals surface area (Å²) in [7, 11) is 0. The van der Waals surface area contributed by atoms with Crippen LogP contribution in [0.15, 0.2) is 65.2 Å². The topological polar surface area (TPSA) is 41.9 Å². The molecule has 2 aromatic rings. The second-order valence-corrected chi connectivity index (χ2v) is 12.2. The van der Waals surface area contributed by atoms with Gasteiger partial charge in [-0.3, -0.25) is 9.79 Å². The molecule has 0 spiro atoms. The monoisotopic (exact) mass is 638 g/mol. The fourth-order valence-corrected chi connectivity index (χ4v) is 5.70. The number of unbranched alkanes of at least 4 members (excludes halogenated alkanes) is 11. The Kier molecular flexibility index (Phi) is 16.8. The number of aliphatic imine (C=N–C) groups is 1. The molecule has 232 valence electrons. The summed E-state index contributed by atoms with van der Waals surface area (Å²) in [6.07, 6.45) is 20.9. The predicted molar refractivity (Wildman–Crippen MR) is 186 cm³/mol. The fraction of sp³-hybridized carbons (Fsp3) is 0.568. The van der Waals surface area contributed by atoms with Crippen molar-refractivity contribution in [2.45, 2.75) is 118 Å². The maximum Gasteiger partial charge on any atom is 0.224 e. The third-order valence-corrected chi connectivity index (χ3v) is 8.57. The first kappa shape index (κ1) is 35.8. The van der Waals surface area contributed by atoms with Gasteiger partial charge in [-0.1, -0.05) is 120 Å². The molecule has 1 aliphatic heterocycles. The van der Waals surface area contributed by atoms with Gasteiger partial charge in [0.25, 0.3) is 0 Å². The van der Waals surface area contributed by atoms with Crippen LogP contribution in [-0.4, -0.2) is 25.3 Å². The molecule has 0 radical (unpaired) electrons. The molecular weight excluding hydrogens is 584 g/mol. The van der Waals surface area contributed by atoms with Crippen LogP contribution in [0.3, 0.4) is 0 Å². The first-order valence-electron chi connectivity index (χ1n) is 16.2. The lowest BCUT2D eigenvalue weighted by Crippen LogP contribution is -2.31. The fourth-order valence-electron chi connectivity index (χ4n) is 5.70. The normalized spacial score (nSPS) is 16.0. The van der Waals surface area contributed by atoms with Crippen molar-refractivity contribution >= 4 is 34.8 Å². The molecule has 0 bridgehead atoms. The number of ether oxygens (including phenoxy) is 1. The number of para-hydroxylation sites is 1. The number of halogens is 1. The molecule has 42 heavy (non-hydrogen) atoms. The minimum atomic E-state index is -0.0467. The maximum atomic E-state index is 12.9. The summed E-state index contributed by atoms with van der Waals surface area (Å²) in [4.78, 5) is 19.3. The first-order chi connectivity index (χ1) is 19.9. The molecule has 0 saturated heterocycles. The molecule has 4 nitrogen and oxygen atoms in total. The van der Waals surface area contributed by atoms with E-state index in [4.69, 9.17) is 4.74 Å². The molecule has 1 aliphatic rings. The lowest BCUT2D eigenvalue weighted by molar-refractivity contribution is -0.116. The minimum Gasteiger partial charge on any atom is -0.494 e. The minimum absolute atomic E-state index is 0. The Morgan fingerprint density at radius 2 is 1.55 bits per heavy atom. The van der Waals surface area contributed by atoms with E-state index in [0.717, 1.165) is 43.0 Å². The van der Waals surface area contributed by atoms with Gasteiger partial charge in [-0.15, -0.1) is 17.0 Å². The molecule has 1 heterocycles. The maximum absolute atomic E-state index is 12.9. The van der Waals surface area contributed by atoms with Crippen LogP contribution >= 0.6 is 17.0 Å². The molecule has 1 unspecified atom stereocenters. The molecule has 5 heteroatoms. The Labute approximate surface area is 266 Å². The van der Waals surface area contributed by atoms with Gasteiger partial charge >= 0.3 is 0 Å². The molecule has 0 N–H and O–H groups in total. The lowest BCUT2D eigenvalue weighted by atomic mass is 9.76. The number of carbonyl (C=O) groups excluding carboxylic acids is 1. The molecule has 0 aromatic heterocycles. The third kappa shape index (κ3) is 12.1. The molecule has 1 amide bonds. The van der Waals surface area contributed by atoms with Crippen molar-refractivity contribution in [1.82, 2.24) is 0 Å². The Bertz CT molecular complexity index is 1130. The Morgan fingerprint density at radius 1 is 0.905 bits per heavy atom. The van der Waals surface area contributed by atoms with Crippen molar-refractivity contribution in [1.29, 1.82) is 0 Å². The van der Waals surface area contributed by atoms with Crippen LogP contribution in [0.4, 0.5) is 5.69 Å². The Hall–Kier alpha value is -2.40. The largest absolute Gasteiger partial charge is 0.494 e. The number of carbonyl (C=O) groups is 1. The standard InChI is InChI=1S/C37H54N2O2.BrH/c1-5-6-7-8-9-10-11-12-13-14-15-18-26-41-35-22-19-20-33(27-35)29-39(32(3)40)36-23-17-16-21-34(36)28-37(4)30-38-25-24-31(37)2;/h16-17,19-25,27H,5-15,18,26,28-30H2,1-4H3;1H. The van der Waals surface area contributed by atoms with Crippen LogP contribution < -0.4 is 9.64 Å². The number of nitrogens with zero attached hydrogens (tertiary/aromatic N) is 2. The summed E-state index contributed by atoms with van der Waals surface area (Å²) in [5.41, 5.74) is 4.51. The van der Waals surface area contributed by atoms with Crippen molar-refractivity contribution < 1.29 is 9.53 Å². The van der Waals surface area contributed by atoms with Crippen molar-refractivity contribution in [3.05, 3.63) is 71.3 Å². The van der Waals surface area contributed by atoms with E-state index in [9.17, 15) is 4.79 Å². The average Bonchev–Trinajstić information content (AvgIpc) is 2.96. The van der Waals surface area contributed by atoms with Crippen LogP contribution in [-0.2, 0) is 17.8 Å². The number of benzene rings is 2. The average molecular weight is 640 g/mol. The predicted octanol–water partition coefficient (Wildman–Crippen LogP) is 10.5. The van der Waals surface area contributed by atoms with Crippen LogP contribution in [0.5, 0.6) is 5.75 Å². The number of allylic oxidation sites excluding steroid dienone is 1. The molecule has 2 aromatic carbocycles. The van der Waals surface area contributed by atoms with Gasteiger partial charge in [0.05, 0.1) is 13.2 Å². The van der Waals surface area contributed by atoms with Gasteiger partial charge in [-0.25, -0.2) is 0 Å². The quantitative estimate of drug-likeness (QED) is 0.144. The number of dihydropyridines is 1. The van der Waals surface area contributed by atoms with E-state index < -0.39 is 0 Å². The number of rotatable bonds is 19. The zero-order chi connectivity index (χ0) is 29.3. The number of hydrogen-bond donors (Lipinski definition) is 0. The van der Waals surface area contributed by atoms with Crippen molar-refractivity contribution in [2.75, 3.05) is 18.1 Å². The van der Waals surface area contributed by atoms with Crippen molar-refractivity contribution in [3.63, 3.8) is 0 Å². The molecule has 3 rings (SSSR count). The van der Waals surface area contributed by atoms with Gasteiger partial charge in [0.1, 0.15) is 5.75 Å². The van der Waals surface area contributed by atoms with Crippen LogP contribution in [0, 0.1) is 5.41 Å². The summed E-state index contributed by atoms with van der Waals surface area (Å²) >= 11 is 0. The van der Waals surface area contributed by atoms with E-state index in [-0.39, 0.29) is 28.3 Å². The highest BCUT2D eigenvalue weighted by molar-refractivity contribution is 8.93. The molecular formula is C37H55BrN2O2. The Balaban J connectivity index is 0.00000616. The first-order valence-corrected chi connectivity index (χ1v) is 16.2. The van der Waals surface area contributed by atoms with E-state index >= 15 is 0 Å². The van der Waals surface area contributed by atoms with E-state index in [1.165, 1.54) is 81.8 Å². The summed E-state index contributed by atoms with van der Waals surface area (Å²) in [5.74, 6) is 0.926. The van der Waals surface area contributed by atoms with E-state index in [1.807, 2.05) is 29.3 Å². The molecule has 0 fully saturated rings. The third-order valence-electron chi connectivity index (χ3n) is 8.57. The van der Waals surface area contributed by atoms with E-state index in [1.54, 1.807) is 6.92 Å². The SMILES string of the molecule is Br.CCCCCCCCCCCCCCOc1cccc(CN(C(C)=O)c2ccccc2CC2(C)CN=CC=C2C)c1. The summed E-state index contributed by atoms with van der Waals surface area (Å²) in [6, 6.07) is 16.5. The van der Waals surface area contributed by atoms with E-state index in [2.05, 4.69) is 62.2 Å². The highest BCUT2D eigenvalue weighted by atomic mass is 79.9. The summed E-state index contributed by atoms with van der Waals surface area (Å²) < 4.78 is 6.11. The number of hydrogen-bond acceptors (Lipinski definition) is 3. The smallest absolute Gasteiger partial charge is 0.224 e. The second-order valence-electron chi connectivity index (χ2n) is 12.2. The van der Waals surface area contributed by atoms with Crippen LogP contribution in [0.1, 0.15) is 116 Å². The van der Waals surface area contributed by atoms with Gasteiger partial charge in [0, 0.05) is 30.8 Å². The van der Waals surface area contributed by atoms with Gasteiger partial charge in [-0.2, -0.15) is 0 Å². The molecule has 1 atom stereocenters. The van der Waals surface area contributed by atoms with Crippen LogP contribution in [0.25, 0.3) is 0 Å². The highest BCUT2D eigenvalue weighted by Gasteiger charge is 2.29. The Morgan fingerprint density at radius 3 is 2.19 bits per heavy atom. The van der Waals surface area contributed by atoms with Gasteiger partial charge in [0.2, 0.25) is 5.91 Å². The molecule has 0 saturated carbocycles. The zero-order valence-corrected chi connectivity index (χ0v) is 28.4. The number of anilines is 1. The summed E-state index contributed by atoms with van der Waals surface area (Å²) in [5, 5.41) is 0. The van der Waals surface area contributed by atoms with Crippen molar-refractivity contribution in [2.24, 2.45) is 10.4 Å². The lowest BCUT2D eigenvalue weighted by Gasteiger charge is -2.33. The van der Waals surface area contributed by atoms with Gasteiger partial charge in [-0.05, 0) is 55.2 Å². The molecule has 0 aliphatic carbocycles. The highest BCUT2D eigenvalue weighted by Crippen LogP contribution is 2.36. The van der Waals surface area contributed by atoms with Gasteiger partial charge in [0.15, 0.2) is 0 Å². The van der Waals surface area contributed by atoms with Gasteiger partial charge < -0.3 is 9.64 Å². The zero-order valence-electron chi connectivity index (χ0n) is 26.7. The summed E-state index contributed by atoms with van der Waals surface area (Å²) in [6.45, 7) is 10.4.